The molecule has 0 spiro atoms. The highest BCUT2D eigenvalue weighted by atomic mass is 16.3. The fourth-order valence-electron chi connectivity index (χ4n) is 3.28. The van der Waals surface area contributed by atoms with Gasteiger partial charge in [-0.2, -0.15) is 0 Å². The summed E-state index contributed by atoms with van der Waals surface area (Å²) in [5.74, 6) is 0.496. The molecule has 1 saturated heterocycles. The fourth-order valence-corrected chi connectivity index (χ4v) is 3.28. The molecule has 118 valence electrons. The van der Waals surface area contributed by atoms with Crippen molar-refractivity contribution in [3.8, 4) is 5.75 Å². The van der Waals surface area contributed by atoms with E-state index in [1.807, 2.05) is 0 Å². The second kappa shape index (κ2) is 5.64. The molecule has 1 heterocycles. The zero-order chi connectivity index (χ0) is 15.8. The molecule has 1 aliphatic rings. The fraction of sp³-hybridized carbons (Fsp3) is 0.684. The highest BCUT2D eigenvalue weighted by Gasteiger charge is 2.27. The van der Waals surface area contributed by atoms with E-state index in [4.69, 9.17) is 0 Å². The van der Waals surface area contributed by atoms with Crippen molar-refractivity contribution in [2.45, 2.75) is 71.8 Å². The summed E-state index contributed by atoms with van der Waals surface area (Å²) in [5.41, 5.74) is 3.49. The van der Waals surface area contributed by atoms with Crippen LogP contribution in [0.4, 0.5) is 0 Å². The summed E-state index contributed by atoms with van der Waals surface area (Å²) in [5, 5.41) is 10.7. The lowest BCUT2D eigenvalue weighted by atomic mass is 9.78. The first kappa shape index (κ1) is 16.4. The summed E-state index contributed by atoms with van der Waals surface area (Å²) < 4.78 is 0. The molecule has 2 rings (SSSR count). The van der Waals surface area contributed by atoms with Crippen molar-refractivity contribution < 1.29 is 10.0 Å². The molecular formula is C19H32NO+. The number of phenols is 1. The Morgan fingerprint density at radius 2 is 1.33 bits per heavy atom. The number of benzene rings is 1. The van der Waals surface area contributed by atoms with Gasteiger partial charge in [0.05, 0.1) is 13.1 Å². The van der Waals surface area contributed by atoms with Crippen molar-refractivity contribution in [2.75, 3.05) is 13.1 Å². The van der Waals surface area contributed by atoms with Crippen LogP contribution in [-0.2, 0) is 17.4 Å². The Morgan fingerprint density at radius 3 is 1.71 bits per heavy atom. The third-order valence-electron chi connectivity index (χ3n) is 4.55. The second-order valence-electron chi connectivity index (χ2n) is 8.67. The minimum Gasteiger partial charge on any atom is -0.507 e. The van der Waals surface area contributed by atoms with Crippen molar-refractivity contribution >= 4 is 0 Å². The van der Waals surface area contributed by atoms with E-state index in [0.29, 0.717) is 5.75 Å². The minimum absolute atomic E-state index is 0.0273. The summed E-state index contributed by atoms with van der Waals surface area (Å²) in [7, 11) is 0. The second-order valence-corrected chi connectivity index (χ2v) is 8.67. The Hall–Kier alpha value is -1.02. The van der Waals surface area contributed by atoms with Gasteiger partial charge in [0.2, 0.25) is 0 Å². The third kappa shape index (κ3) is 3.79. The zero-order valence-corrected chi connectivity index (χ0v) is 14.6. The normalized spacial score (nSPS) is 17.4. The van der Waals surface area contributed by atoms with E-state index < -0.39 is 0 Å². The maximum atomic E-state index is 10.7. The van der Waals surface area contributed by atoms with E-state index in [9.17, 15) is 5.11 Å². The summed E-state index contributed by atoms with van der Waals surface area (Å²) in [4.78, 5) is 1.68. The number of hydrogen-bond acceptors (Lipinski definition) is 1. The largest absolute Gasteiger partial charge is 0.507 e. The lowest BCUT2D eigenvalue weighted by Gasteiger charge is -2.28. The van der Waals surface area contributed by atoms with Gasteiger partial charge in [-0.25, -0.2) is 0 Å². The Labute approximate surface area is 130 Å². The Bertz CT molecular complexity index is 464. The molecule has 2 nitrogen and oxygen atoms in total. The number of likely N-dealkylation sites (tertiary alicyclic amines) is 1. The molecule has 1 aliphatic heterocycles. The predicted octanol–water partition coefficient (Wildman–Crippen LogP) is 3.17. The van der Waals surface area contributed by atoms with E-state index in [2.05, 4.69) is 53.7 Å². The van der Waals surface area contributed by atoms with Crippen LogP contribution in [0.15, 0.2) is 12.1 Å². The molecule has 0 atom stereocenters. The predicted molar refractivity (Wildman–Crippen MR) is 89.1 cm³/mol. The lowest BCUT2D eigenvalue weighted by Crippen LogP contribution is -3.08. The van der Waals surface area contributed by atoms with E-state index >= 15 is 0 Å². The van der Waals surface area contributed by atoms with Gasteiger partial charge in [0.15, 0.2) is 0 Å². The van der Waals surface area contributed by atoms with Crippen LogP contribution in [0.25, 0.3) is 0 Å². The van der Waals surface area contributed by atoms with Crippen LogP contribution >= 0.6 is 0 Å². The van der Waals surface area contributed by atoms with Gasteiger partial charge in [-0.15, -0.1) is 0 Å². The highest BCUT2D eigenvalue weighted by Crippen LogP contribution is 2.39. The number of quaternary nitrogens is 1. The standard InChI is InChI=1S/C19H31NO/c1-18(2,3)15-11-14(13-20-9-7-8-10-20)12-16(17(15)21)19(4,5)6/h11-12,21H,7-10,13H2,1-6H3/p+1. The molecule has 21 heavy (non-hydrogen) atoms. The van der Waals surface area contributed by atoms with Gasteiger partial charge >= 0.3 is 0 Å². The molecular weight excluding hydrogens is 258 g/mol. The van der Waals surface area contributed by atoms with Crippen molar-refractivity contribution in [3.05, 3.63) is 28.8 Å². The molecule has 0 aliphatic carbocycles. The lowest BCUT2D eigenvalue weighted by molar-refractivity contribution is -0.901. The number of rotatable bonds is 2. The smallest absolute Gasteiger partial charge is 0.123 e. The van der Waals surface area contributed by atoms with Gasteiger partial charge in [0.25, 0.3) is 0 Å². The van der Waals surface area contributed by atoms with Crippen LogP contribution in [0, 0.1) is 0 Å². The molecule has 1 fully saturated rings. The van der Waals surface area contributed by atoms with Crippen LogP contribution in [0.3, 0.4) is 0 Å². The van der Waals surface area contributed by atoms with E-state index in [0.717, 1.165) is 17.7 Å². The van der Waals surface area contributed by atoms with Gasteiger partial charge in [0, 0.05) is 29.5 Å². The van der Waals surface area contributed by atoms with Gasteiger partial charge < -0.3 is 10.0 Å². The van der Waals surface area contributed by atoms with Gasteiger partial charge in [-0.05, 0) is 23.0 Å². The topological polar surface area (TPSA) is 24.7 Å². The van der Waals surface area contributed by atoms with Crippen LogP contribution in [0.5, 0.6) is 5.75 Å². The summed E-state index contributed by atoms with van der Waals surface area (Å²) in [6, 6.07) is 4.46. The van der Waals surface area contributed by atoms with Crippen LogP contribution in [0.2, 0.25) is 0 Å². The molecule has 0 aromatic heterocycles. The first-order chi connectivity index (χ1) is 9.59. The van der Waals surface area contributed by atoms with Gasteiger partial charge in [-0.1, -0.05) is 41.5 Å². The highest BCUT2D eigenvalue weighted by molar-refractivity contribution is 5.49. The number of aromatic hydroxyl groups is 1. The molecule has 0 bridgehead atoms. The molecule has 2 N–H and O–H groups in total. The molecule has 1 aromatic carbocycles. The van der Waals surface area contributed by atoms with Crippen molar-refractivity contribution in [1.82, 2.24) is 0 Å². The summed E-state index contributed by atoms with van der Waals surface area (Å²) in [6.07, 6.45) is 2.71. The average molecular weight is 290 g/mol. The van der Waals surface area contributed by atoms with Crippen molar-refractivity contribution in [1.29, 1.82) is 0 Å². The number of phenolic OH excluding ortho intramolecular Hbond substituents is 1. The zero-order valence-electron chi connectivity index (χ0n) is 14.6. The number of hydrogen-bond donors (Lipinski definition) is 2. The van der Waals surface area contributed by atoms with Crippen LogP contribution < -0.4 is 4.90 Å². The quantitative estimate of drug-likeness (QED) is 0.859. The maximum Gasteiger partial charge on any atom is 0.123 e. The maximum absolute atomic E-state index is 10.7. The van der Waals surface area contributed by atoms with Gasteiger partial charge in [-0.3, -0.25) is 0 Å². The first-order valence-corrected chi connectivity index (χ1v) is 8.29. The Balaban J connectivity index is 2.45. The Morgan fingerprint density at radius 1 is 0.905 bits per heavy atom. The Kier molecular flexibility index (Phi) is 4.39. The minimum atomic E-state index is -0.0273. The molecule has 1 aromatic rings. The van der Waals surface area contributed by atoms with E-state index in [1.165, 1.54) is 31.5 Å². The summed E-state index contributed by atoms with van der Waals surface area (Å²) in [6.45, 7) is 16.8. The SMILES string of the molecule is CC(C)(C)c1cc(C[NH+]2CCCC2)cc(C(C)(C)C)c1O. The van der Waals surface area contributed by atoms with Gasteiger partial charge in [0.1, 0.15) is 12.3 Å². The van der Waals surface area contributed by atoms with Crippen molar-refractivity contribution in [3.63, 3.8) is 0 Å². The summed E-state index contributed by atoms with van der Waals surface area (Å²) >= 11 is 0. The average Bonchev–Trinajstić information content (AvgIpc) is 2.81. The monoisotopic (exact) mass is 290 g/mol. The third-order valence-corrected chi connectivity index (χ3v) is 4.55. The molecule has 0 unspecified atom stereocenters. The van der Waals surface area contributed by atoms with Crippen molar-refractivity contribution in [2.24, 2.45) is 0 Å². The van der Waals surface area contributed by atoms with E-state index in [1.54, 1.807) is 4.90 Å². The van der Waals surface area contributed by atoms with Crippen LogP contribution in [0.1, 0.15) is 71.1 Å². The van der Waals surface area contributed by atoms with Crippen LogP contribution in [-0.4, -0.2) is 18.2 Å². The van der Waals surface area contributed by atoms with E-state index in [-0.39, 0.29) is 10.8 Å². The first-order valence-electron chi connectivity index (χ1n) is 8.29. The molecule has 0 amide bonds. The molecule has 2 heteroatoms. The molecule has 0 radical (unpaired) electrons. The molecule has 0 saturated carbocycles. The number of nitrogens with one attached hydrogen (secondary N) is 1.